The molecule has 0 fully saturated rings. The SMILES string of the molecule is Cc1nn(-c2nc(-c3ccc(C(F)(F)F)cc3N)c(SC(C)C)s2)cc1-c1cccc(F)c1.O=C=O. The van der Waals surface area contributed by atoms with Gasteiger partial charge in [-0.05, 0) is 36.8 Å². The Kier molecular flexibility index (Phi) is 8.34. The van der Waals surface area contributed by atoms with Gasteiger partial charge in [0.2, 0.25) is 5.13 Å². The first-order valence-electron chi connectivity index (χ1n) is 10.4. The third-order valence-electron chi connectivity index (χ3n) is 4.79. The molecule has 2 heterocycles. The van der Waals surface area contributed by atoms with Gasteiger partial charge in [0.1, 0.15) is 5.82 Å². The molecule has 6 nitrogen and oxygen atoms in total. The Hall–Kier alpha value is -3.47. The van der Waals surface area contributed by atoms with Gasteiger partial charge in [0, 0.05) is 28.3 Å². The number of hydrogen-bond donors (Lipinski definition) is 1. The van der Waals surface area contributed by atoms with Gasteiger partial charge in [-0.15, -0.1) is 11.8 Å². The molecular formula is C24H20F4N4O2S2. The van der Waals surface area contributed by atoms with Crippen molar-refractivity contribution in [3.8, 4) is 27.5 Å². The third kappa shape index (κ3) is 6.20. The molecule has 0 saturated carbocycles. The standard InChI is InChI=1S/C23H20F4N4S2.CO2/c1-12(2)32-21-20(17-8-7-15(10-19(17)28)23(25,26)27)29-22(33-21)31-11-18(13(3)30-31)14-5-4-6-16(24)9-14;2-1-3/h4-12H,28H2,1-3H3;. The van der Waals surface area contributed by atoms with E-state index in [0.29, 0.717) is 27.6 Å². The lowest BCUT2D eigenvalue weighted by Gasteiger charge is -2.11. The Morgan fingerprint density at radius 2 is 1.81 bits per heavy atom. The maximum absolute atomic E-state index is 13.7. The van der Waals surface area contributed by atoms with E-state index in [-0.39, 0.29) is 22.9 Å². The summed E-state index contributed by atoms with van der Waals surface area (Å²) in [5.41, 5.74) is 8.31. The minimum Gasteiger partial charge on any atom is -0.398 e. The van der Waals surface area contributed by atoms with E-state index in [0.717, 1.165) is 21.9 Å². The fourth-order valence-corrected chi connectivity index (χ4v) is 5.74. The molecule has 0 saturated heterocycles. The quantitative estimate of drug-likeness (QED) is 0.175. The minimum absolute atomic E-state index is 0.00405. The van der Waals surface area contributed by atoms with Crippen molar-refractivity contribution in [3.63, 3.8) is 0 Å². The number of aryl methyl sites for hydroxylation is 1. The summed E-state index contributed by atoms with van der Waals surface area (Å²) in [5, 5.41) is 5.29. The van der Waals surface area contributed by atoms with Crippen LogP contribution in [-0.2, 0) is 15.8 Å². The number of rotatable bonds is 5. The molecule has 0 aliphatic rings. The number of benzene rings is 2. The molecule has 2 aromatic heterocycles. The zero-order chi connectivity index (χ0) is 26.6. The highest BCUT2D eigenvalue weighted by Crippen LogP contribution is 2.43. The Bertz CT molecular complexity index is 1410. The number of carbonyl (C=O) groups excluding carboxylic acids is 2. The summed E-state index contributed by atoms with van der Waals surface area (Å²) >= 11 is 2.93. The highest BCUT2D eigenvalue weighted by Gasteiger charge is 2.31. The molecule has 36 heavy (non-hydrogen) atoms. The fourth-order valence-electron chi connectivity index (χ4n) is 3.31. The van der Waals surface area contributed by atoms with E-state index in [2.05, 4.69) is 10.1 Å². The Balaban J connectivity index is 0.00000115. The second kappa shape index (κ2) is 11.1. The van der Waals surface area contributed by atoms with Crippen LogP contribution in [0.3, 0.4) is 0 Å². The first-order chi connectivity index (χ1) is 16.9. The summed E-state index contributed by atoms with van der Waals surface area (Å²) in [6, 6.07) is 9.53. The third-order valence-corrected chi connectivity index (χ3v) is 7.05. The van der Waals surface area contributed by atoms with Crippen molar-refractivity contribution in [1.29, 1.82) is 0 Å². The van der Waals surface area contributed by atoms with E-state index in [1.54, 1.807) is 34.8 Å². The Labute approximate surface area is 212 Å². The molecule has 0 atom stereocenters. The van der Waals surface area contributed by atoms with E-state index in [9.17, 15) is 17.6 Å². The summed E-state index contributed by atoms with van der Waals surface area (Å²) in [6.45, 7) is 5.86. The zero-order valence-electron chi connectivity index (χ0n) is 19.3. The topological polar surface area (TPSA) is 90.9 Å². The highest BCUT2D eigenvalue weighted by molar-refractivity contribution is 8.01. The van der Waals surface area contributed by atoms with Crippen molar-refractivity contribution in [2.45, 2.75) is 36.4 Å². The molecule has 0 bridgehead atoms. The lowest BCUT2D eigenvalue weighted by molar-refractivity contribution is -0.191. The molecular weight excluding hydrogens is 516 g/mol. The van der Waals surface area contributed by atoms with Crippen molar-refractivity contribution in [2.24, 2.45) is 0 Å². The van der Waals surface area contributed by atoms with Gasteiger partial charge in [0.25, 0.3) is 0 Å². The number of halogens is 4. The lowest BCUT2D eigenvalue weighted by Crippen LogP contribution is -2.06. The van der Waals surface area contributed by atoms with Crippen LogP contribution in [0, 0.1) is 12.7 Å². The average Bonchev–Trinajstić information content (AvgIpc) is 3.37. The molecule has 188 valence electrons. The molecule has 4 aromatic rings. The second-order valence-electron chi connectivity index (χ2n) is 7.77. The monoisotopic (exact) mass is 536 g/mol. The molecule has 0 spiro atoms. The summed E-state index contributed by atoms with van der Waals surface area (Å²) in [7, 11) is 0. The molecule has 4 rings (SSSR count). The van der Waals surface area contributed by atoms with Crippen molar-refractivity contribution < 1.29 is 27.2 Å². The summed E-state index contributed by atoms with van der Waals surface area (Å²) in [6.07, 6.45) is -2.46. The fraction of sp³-hybridized carbons (Fsp3) is 0.208. The van der Waals surface area contributed by atoms with E-state index >= 15 is 0 Å². The van der Waals surface area contributed by atoms with Crippen molar-refractivity contribution in [3.05, 3.63) is 65.7 Å². The predicted molar refractivity (Wildman–Crippen MR) is 130 cm³/mol. The Morgan fingerprint density at radius 1 is 1.11 bits per heavy atom. The van der Waals surface area contributed by atoms with Crippen LogP contribution in [0.5, 0.6) is 0 Å². The predicted octanol–water partition coefficient (Wildman–Crippen LogP) is 6.63. The number of thiazole rings is 1. The average molecular weight is 537 g/mol. The molecule has 0 unspecified atom stereocenters. The van der Waals surface area contributed by atoms with Gasteiger partial charge in [-0.3, -0.25) is 0 Å². The van der Waals surface area contributed by atoms with E-state index in [1.807, 2.05) is 20.8 Å². The number of aromatic nitrogens is 3. The van der Waals surface area contributed by atoms with Gasteiger partial charge in [0.05, 0.1) is 21.2 Å². The van der Waals surface area contributed by atoms with Crippen LogP contribution in [0.15, 0.2) is 52.9 Å². The maximum Gasteiger partial charge on any atom is 0.416 e. The summed E-state index contributed by atoms with van der Waals surface area (Å²) in [4.78, 5) is 20.9. The Morgan fingerprint density at radius 3 is 2.39 bits per heavy atom. The van der Waals surface area contributed by atoms with Crippen LogP contribution in [0.25, 0.3) is 27.5 Å². The van der Waals surface area contributed by atoms with Gasteiger partial charge >= 0.3 is 12.3 Å². The van der Waals surface area contributed by atoms with E-state index in [4.69, 9.17) is 15.3 Å². The largest absolute Gasteiger partial charge is 0.416 e. The van der Waals surface area contributed by atoms with E-state index in [1.165, 1.54) is 29.5 Å². The number of hydrogen-bond acceptors (Lipinski definition) is 7. The van der Waals surface area contributed by atoms with Gasteiger partial charge in [-0.25, -0.2) is 14.1 Å². The summed E-state index contributed by atoms with van der Waals surface area (Å²) in [5.74, 6) is -0.343. The number of alkyl halides is 3. The van der Waals surface area contributed by atoms with Crippen LogP contribution in [-0.4, -0.2) is 26.2 Å². The molecule has 2 aromatic carbocycles. The summed E-state index contributed by atoms with van der Waals surface area (Å²) < 4.78 is 55.4. The van der Waals surface area contributed by atoms with Gasteiger partial charge < -0.3 is 5.73 Å². The highest BCUT2D eigenvalue weighted by atomic mass is 32.2. The number of nitrogens with two attached hydrogens (primary N) is 1. The first kappa shape index (κ1) is 27.1. The lowest BCUT2D eigenvalue weighted by atomic mass is 10.1. The molecule has 0 radical (unpaired) electrons. The van der Waals surface area contributed by atoms with Crippen LogP contribution in [0.2, 0.25) is 0 Å². The van der Waals surface area contributed by atoms with Crippen LogP contribution in [0.4, 0.5) is 23.2 Å². The van der Waals surface area contributed by atoms with Crippen LogP contribution >= 0.6 is 23.1 Å². The normalized spacial score (nSPS) is 11.2. The zero-order valence-corrected chi connectivity index (χ0v) is 20.9. The van der Waals surface area contributed by atoms with Gasteiger partial charge in [0.15, 0.2) is 0 Å². The van der Waals surface area contributed by atoms with Crippen LogP contribution in [0.1, 0.15) is 25.1 Å². The molecule has 0 amide bonds. The number of nitrogen functional groups attached to an aromatic ring is 1. The second-order valence-corrected chi connectivity index (χ2v) is 10.6. The molecule has 2 N–H and O–H groups in total. The van der Waals surface area contributed by atoms with E-state index < -0.39 is 11.7 Å². The maximum atomic E-state index is 13.7. The molecule has 12 heteroatoms. The minimum atomic E-state index is -4.48. The first-order valence-corrected chi connectivity index (χ1v) is 12.1. The van der Waals surface area contributed by atoms with Crippen LogP contribution < -0.4 is 5.73 Å². The smallest absolute Gasteiger partial charge is 0.398 e. The number of thioether (sulfide) groups is 1. The van der Waals surface area contributed by atoms with Crippen molar-refractivity contribution in [1.82, 2.24) is 14.8 Å². The van der Waals surface area contributed by atoms with Crippen molar-refractivity contribution >= 4 is 34.9 Å². The number of anilines is 1. The molecule has 0 aliphatic carbocycles. The molecule has 0 aliphatic heterocycles. The van der Waals surface area contributed by atoms with Gasteiger partial charge in [-0.1, -0.05) is 43.4 Å². The number of nitrogens with zero attached hydrogens (tertiary/aromatic N) is 3. The van der Waals surface area contributed by atoms with Crippen molar-refractivity contribution in [2.75, 3.05) is 5.73 Å². The van der Waals surface area contributed by atoms with Gasteiger partial charge in [-0.2, -0.15) is 27.9 Å².